The molecule has 0 radical (unpaired) electrons. The first-order chi connectivity index (χ1) is 16.9. The van der Waals surface area contributed by atoms with Crippen LogP contribution in [0.5, 0.6) is 5.75 Å². The highest BCUT2D eigenvalue weighted by Crippen LogP contribution is 2.30. The van der Waals surface area contributed by atoms with E-state index in [1.165, 1.54) is 17.7 Å². The molecule has 7 heteroatoms. The molecule has 0 saturated carbocycles. The normalized spacial score (nSPS) is 18.1. The van der Waals surface area contributed by atoms with Crippen molar-refractivity contribution in [1.82, 2.24) is 9.88 Å². The first kappa shape index (κ1) is 25.0. The summed E-state index contributed by atoms with van der Waals surface area (Å²) < 4.78 is 18.8. The van der Waals surface area contributed by atoms with Gasteiger partial charge in [-0.3, -0.25) is 14.7 Å². The number of rotatable bonds is 7. The van der Waals surface area contributed by atoms with Crippen LogP contribution in [-0.4, -0.2) is 47.7 Å². The summed E-state index contributed by atoms with van der Waals surface area (Å²) >= 11 is 5.88. The molecule has 0 spiro atoms. The lowest BCUT2D eigenvalue weighted by atomic mass is 9.81. The Balaban J connectivity index is 1.34. The van der Waals surface area contributed by atoms with Crippen LogP contribution in [0.4, 0.5) is 4.39 Å². The number of piperidine rings is 1. The van der Waals surface area contributed by atoms with Gasteiger partial charge >= 0.3 is 5.97 Å². The topological polar surface area (TPSA) is 62.7 Å². The molecule has 1 aliphatic rings. The molecule has 2 aromatic carbocycles. The largest absolute Gasteiger partial charge is 0.497 e. The quantitative estimate of drug-likeness (QED) is 0.443. The number of hydrogen-bond donors (Lipinski definition) is 1. The van der Waals surface area contributed by atoms with Gasteiger partial charge in [0.1, 0.15) is 11.6 Å². The fourth-order valence-corrected chi connectivity index (χ4v) is 5.02. The highest BCUT2D eigenvalue weighted by Gasteiger charge is 2.33. The lowest BCUT2D eigenvalue weighted by molar-refractivity contribution is -0.146. The van der Waals surface area contributed by atoms with Gasteiger partial charge in [0.05, 0.1) is 25.1 Å². The summed E-state index contributed by atoms with van der Waals surface area (Å²) in [4.78, 5) is 18.5. The molecular formula is C28H28ClFN2O3. The molecule has 0 aliphatic carbocycles. The number of nitrogens with zero attached hydrogens (tertiary/aromatic N) is 2. The van der Waals surface area contributed by atoms with Crippen molar-refractivity contribution >= 4 is 28.5 Å². The molecule has 1 N–H and O–H groups in total. The van der Waals surface area contributed by atoms with E-state index in [2.05, 4.69) is 21.7 Å². The first-order valence-corrected chi connectivity index (χ1v) is 12.1. The Morgan fingerprint density at radius 3 is 2.91 bits per heavy atom. The van der Waals surface area contributed by atoms with Gasteiger partial charge in [-0.25, -0.2) is 4.39 Å². The zero-order valence-corrected chi connectivity index (χ0v) is 20.4. The number of aromatic nitrogens is 1. The Kier molecular flexibility index (Phi) is 8.22. The van der Waals surface area contributed by atoms with Crippen LogP contribution in [0.1, 0.15) is 30.4 Å². The molecule has 2 heterocycles. The summed E-state index contributed by atoms with van der Waals surface area (Å²) in [5.74, 6) is 5.27. The summed E-state index contributed by atoms with van der Waals surface area (Å²) in [6, 6.07) is 12.1. The Morgan fingerprint density at radius 2 is 2.14 bits per heavy atom. The number of methoxy groups -OCH3 is 1. The third kappa shape index (κ3) is 6.50. The van der Waals surface area contributed by atoms with Gasteiger partial charge < -0.3 is 9.84 Å². The van der Waals surface area contributed by atoms with Crippen LogP contribution in [0.25, 0.3) is 10.9 Å². The minimum absolute atomic E-state index is 0.126. The molecule has 2 atom stereocenters. The van der Waals surface area contributed by atoms with E-state index < -0.39 is 17.7 Å². The van der Waals surface area contributed by atoms with Crippen molar-refractivity contribution in [2.75, 3.05) is 26.7 Å². The van der Waals surface area contributed by atoms with Crippen molar-refractivity contribution in [2.24, 2.45) is 11.8 Å². The van der Waals surface area contributed by atoms with Crippen molar-refractivity contribution in [1.29, 1.82) is 0 Å². The van der Waals surface area contributed by atoms with Gasteiger partial charge in [0.2, 0.25) is 0 Å². The number of aryl methyl sites for hydroxylation is 1. The van der Waals surface area contributed by atoms with Crippen LogP contribution in [0.2, 0.25) is 5.02 Å². The number of ether oxygens (including phenoxy) is 1. The molecule has 1 aromatic heterocycles. The zero-order valence-electron chi connectivity index (χ0n) is 19.6. The number of carboxylic acid groups (broad SMARTS) is 1. The van der Waals surface area contributed by atoms with Crippen molar-refractivity contribution in [3.05, 3.63) is 70.6 Å². The van der Waals surface area contributed by atoms with Gasteiger partial charge in [0.25, 0.3) is 0 Å². The second kappa shape index (κ2) is 11.5. The first-order valence-electron chi connectivity index (χ1n) is 11.7. The van der Waals surface area contributed by atoms with Gasteiger partial charge in [-0.1, -0.05) is 23.4 Å². The predicted octanol–water partition coefficient (Wildman–Crippen LogP) is 5.43. The second-order valence-corrected chi connectivity index (χ2v) is 9.37. The molecular weight excluding hydrogens is 467 g/mol. The van der Waals surface area contributed by atoms with Crippen molar-refractivity contribution in [3.63, 3.8) is 0 Å². The third-order valence-electron chi connectivity index (χ3n) is 6.62. The number of fused-ring (bicyclic) bond motifs is 1. The summed E-state index contributed by atoms with van der Waals surface area (Å²) in [7, 11) is 1.65. The van der Waals surface area contributed by atoms with Crippen LogP contribution >= 0.6 is 11.6 Å². The van der Waals surface area contributed by atoms with Gasteiger partial charge in [0.15, 0.2) is 0 Å². The molecule has 1 fully saturated rings. The monoisotopic (exact) mass is 494 g/mol. The number of hydrogen-bond acceptors (Lipinski definition) is 4. The molecule has 1 saturated heterocycles. The Bertz CT molecular complexity index is 1250. The van der Waals surface area contributed by atoms with E-state index in [1.54, 1.807) is 13.2 Å². The Hall–Kier alpha value is -3.14. The maximum atomic E-state index is 13.5. The number of halogens is 2. The number of benzene rings is 2. The fraction of sp³-hybridized carbons (Fsp3) is 0.357. The zero-order chi connectivity index (χ0) is 24.8. The lowest BCUT2D eigenvalue weighted by Gasteiger charge is -2.35. The van der Waals surface area contributed by atoms with Crippen LogP contribution in [0.15, 0.2) is 48.7 Å². The molecule has 3 aromatic rings. The van der Waals surface area contributed by atoms with Crippen LogP contribution in [-0.2, 0) is 11.2 Å². The molecule has 35 heavy (non-hydrogen) atoms. The van der Waals surface area contributed by atoms with Crippen molar-refractivity contribution in [3.8, 4) is 17.6 Å². The van der Waals surface area contributed by atoms with Crippen LogP contribution in [0, 0.1) is 29.5 Å². The Morgan fingerprint density at radius 1 is 1.29 bits per heavy atom. The van der Waals surface area contributed by atoms with E-state index in [1.807, 2.05) is 30.5 Å². The fourth-order valence-electron chi connectivity index (χ4n) is 4.80. The summed E-state index contributed by atoms with van der Waals surface area (Å²) in [6.07, 6.45) is 5.26. The standard InChI is InChI=1S/C28H28ClFN2O3/c1-35-24-7-8-27-25(17-24)20(9-11-31-27)5-2-6-21-10-13-32(18-26(21)28(33)34)12-3-4-19-14-22(29)16-23(30)15-19/h7-9,11,14-17,21,26H,2,5-6,10,12-13,18H2,1H3,(H,33,34)/t21-,26+/m1/s1. The van der Waals surface area contributed by atoms with E-state index in [0.717, 1.165) is 48.9 Å². The minimum Gasteiger partial charge on any atom is -0.497 e. The van der Waals surface area contributed by atoms with Crippen molar-refractivity contribution in [2.45, 2.75) is 25.7 Å². The molecule has 0 unspecified atom stereocenters. The maximum absolute atomic E-state index is 13.5. The minimum atomic E-state index is -0.760. The van der Waals surface area contributed by atoms with E-state index >= 15 is 0 Å². The van der Waals surface area contributed by atoms with E-state index in [4.69, 9.17) is 16.3 Å². The van der Waals surface area contributed by atoms with Crippen LogP contribution < -0.4 is 4.74 Å². The average molecular weight is 495 g/mol. The molecule has 0 bridgehead atoms. The second-order valence-electron chi connectivity index (χ2n) is 8.93. The number of likely N-dealkylation sites (tertiary alicyclic amines) is 1. The lowest BCUT2D eigenvalue weighted by Crippen LogP contribution is -2.44. The van der Waals surface area contributed by atoms with Crippen LogP contribution in [0.3, 0.4) is 0 Å². The predicted molar refractivity (Wildman–Crippen MR) is 135 cm³/mol. The number of pyridine rings is 1. The molecule has 1 aliphatic heterocycles. The van der Waals surface area contributed by atoms with Gasteiger partial charge in [-0.05, 0) is 86.2 Å². The SMILES string of the molecule is COc1ccc2nccc(CCC[C@@H]3CCN(CC#Cc4cc(F)cc(Cl)c4)C[C@@H]3C(=O)O)c2c1. The van der Waals surface area contributed by atoms with Gasteiger partial charge in [-0.2, -0.15) is 0 Å². The highest BCUT2D eigenvalue weighted by atomic mass is 35.5. The number of carbonyl (C=O) groups is 1. The van der Waals surface area contributed by atoms with E-state index in [0.29, 0.717) is 23.7 Å². The van der Waals surface area contributed by atoms with Gasteiger partial charge in [-0.15, -0.1) is 0 Å². The summed E-state index contributed by atoms with van der Waals surface area (Å²) in [5, 5.41) is 11.2. The third-order valence-corrected chi connectivity index (χ3v) is 6.83. The summed E-state index contributed by atoms with van der Waals surface area (Å²) in [5.41, 5.74) is 2.65. The molecule has 182 valence electrons. The highest BCUT2D eigenvalue weighted by molar-refractivity contribution is 6.30. The number of carboxylic acids is 1. The van der Waals surface area contributed by atoms with Gasteiger partial charge in [0, 0.05) is 28.7 Å². The molecule has 5 nitrogen and oxygen atoms in total. The van der Waals surface area contributed by atoms with E-state index in [-0.39, 0.29) is 5.92 Å². The van der Waals surface area contributed by atoms with Crippen molar-refractivity contribution < 1.29 is 19.0 Å². The molecule has 4 rings (SSSR count). The smallest absolute Gasteiger partial charge is 0.308 e. The average Bonchev–Trinajstić information content (AvgIpc) is 2.84. The Labute approximate surface area is 209 Å². The summed E-state index contributed by atoms with van der Waals surface area (Å²) in [6.45, 7) is 1.70. The molecule has 0 amide bonds. The van der Waals surface area contributed by atoms with E-state index in [9.17, 15) is 14.3 Å². The number of aliphatic carboxylic acids is 1. The maximum Gasteiger partial charge on any atom is 0.308 e.